The number of benzene rings is 2. The van der Waals surface area contributed by atoms with Gasteiger partial charge in [0, 0.05) is 0 Å². The Labute approximate surface area is 194 Å². The van der Waals surface area contributed by atoms with Gasteiger partial charge in [0.15, 0.2) is 0 Å². The van der Waals surface area contributed by atoms with Gasteiger partial charge < -0.3 is 4.74 Å². The Morgan fingerprint density at radius 1 is 1.06 bits per heavy atom. The van der Waals surface area contributed by atoms with Gasteiger partial charge in [0.2, 0.25) is 0 Å². The van der Waals surface area contributed by atoms with Crippen LogP contribution < -0.4 is 4.74 Å². The standard InChI is InChI=1S/C30H38O2/c1-20(2)10-9-11-21(3)26-15-16-27-25-14-17-28(22(4)24(25)18-19-30(26,27)5)32-29(31)23-12-7-6-8-13-23/h6-8,12-14,17-21,26-27H,9-11,15-16H2,1-5H3/t21-,26-,27+,30-/m0/s1. The maximum atomic E-state index is 12.6. The largest absolute Gasteiger partial charge is 0.423 e. The van der Waals surface area contributed by atoms with E-state index in [4.69, 9.17) is 4.74 Å². The first-order valence-electron chi connectivity index (χ1n) is 12.4. The molecule has 1 saturated carbocycles. The van der Waals surface area contributed by atoms with Crippen LogP contribution in [0.2, 0.25) is 0 Å². The van der Waals surface area contributed by atoms with Crippen LogP contribution in [0.3, 0.4) is 0 Å². The van der Waals surface area contributed by atoms with Crippen LogP contribution in [-0.4, -0.2) is 5.97 Å². The molecule has 2 aliphatic carbocycles. The predicted octanol–water partition coefficient (Wildman–Crippen LogP) is 8.20. The van der Waals surface area contributed by atoms with Crippen molar-refractivity contribution in [1.82, 2.24) is 0 Å². The van der Waals surface area contributed by atoms with Gasteiger partial charge in [-0.2, -0.15) is 0 Å². The molecule has 0 unspecified atom stereocenters. The molecule has 2 heteroatoms. The Bertz CT molecular complexity index is 987. The topological polar surface area (TPSA) is 26.3 Å². The van der Waals surface area contributed by atoms with Crippen LogP contribution in [0.25, 0.3) is 6.08 Å². The van der Waals surface area contributed by atoms with E-state index in [2.05, 4.69) is 52.8 Å². The maximum absolute atomic E-state index is 12.6. The highest BCUT2D eigenvalue weighted by Gasteiger charge is 2.49. The Balaban J connectivity index is 1.53. The van der Waals surface area contributed by atoms with Crippen LogP contribution in [0.15, 0.2) is 48.5 Å². The molecule has 0 bridgehead atoms. The molecule has 0 aliphatic heterocycles. The van der Waals surface area contributed by atoms with Gasteiger partial charge in [0.05, 0.1) is 5.56 Å². The normalized spacial score (nSPS) is 24.8. The van der Waals surface area contributed by atoms with Crippen LogP contribution >= 0.6 is 0 Å². The van der Waals surface area contributed by atoms with Gasteiger partial charge in [0.25, 0.3) is 0 Å². The van der Waals surface area contributed by atoms with Gasteiger partial charge in [-0.25, -0.2) is 4.79 Å². The highest BCUT2D eigenvalue weighted by atomic mass is 16.5. The molecule has 0 amide bonds. The third-order valence-electron chi connectivity index (χ3n) is 8.14. The van der Waals surface area contributed by atoms with Crippen molar-refractivity contribution in [1.29, 1.82) is 0 Å². The molecule has 1 fully saturated rings. The van der Waals surface area contributed by atoms with Gasteiger partial charge in [-0.05, 0) is 83.7 Å². The van der Waals surface area contributed by atoms with Gasteiger partial charge in [-0.3, -0.25) is 0 Å². The molecular formula is C30H38O2. The minimum absolute atomic E-state index is 0.221. The van der Waals surface area contributed by atoms with Crippen LogP contribution in [-0.2, 0) is 0 Å². The highest BCUT2D eigenvalue weighted by Crippen LogP contribution is 2.60. The van der Waals surface area contributed by atoms with Gasteiger partial charge in [-0.15, -0.1) is 0 Å². The van der Waals surface area contributed by atoms with Gasteiger partial charge in [0.1, 0.15) is 5.75 Å². The maximum Gasteiger partial charge on any atom is 0.343 e. The number of fused-ring (bicyclic) bond motifs is 3. The zero-order valence-electron chi connectivity index (χ0n) is 20.4. The number of ether oxygens (including phenoxy) is 1. The van der Waals surface area contributed by atoms with Crippen molar-refractivity contribution in [2.24, 2.45) is 23.2 Å². The Morgan fingerprint density at radius 3 is 2.53 bits per heavy atom. The van der Waals surface area contributed by atoms with Crippen molar-refractivity contribution in [2.45, 2.75) is 72.6 Å². The van der Waals surface area contributed by atoms with Crippen molar-refractivity contribution >= 4 is 12.0 Å². The number of esters is 1. The SMILES string of the molecule is Cc1c(OC(=O)c2ccccc2)ccc2c1C=C[C@]1(C)[C@@H]2CC[C@H]1[C@@H](C)CCCC(C)C. The fraction of sp³-hybridized carbons (Fsp3) is 0.500. The molecule has 0 spiro atoms. The van der Waals surface area contributed by atoms with Crippen LogP contribution in [0.1, 0.15) is 92.8 Å². The van der Waals surface area contributed by atoms with Crippen LogP contribution in [0, 0.1) is 30.1 Å². The number of hydrogen-bond acceptors (Lipinski definition) is 2. The van der Waals surface area contributed by atoms with E-state index in [0.717, 1.165) is 23.3 Å². The molecule has 0 N–H and O–H groups in total. The predicted molar refractivity (Wildman–Crippen MR) is 133 cm³/mol. The van der Waals surface area contributed by atoms with E-state index in [-0.39, 0.29) is 11.4 Å². The molecule has 2 aromatic carbocycles. The first-order valence-corrected chi connectivity index (χ1v) is 12.4. The van der Waals surface area contributed by atoms with E-state index in [1.165, 1.54) is 43.2 Å². The van der Waals surface area contributed by atoms with Gasteiger partial charge in [-0.1, -0.05) is 83.4 Å². The second-order valence-corrected chi connectivity index (χ2v) is 10.7. The van der Waals surface area contributed by atoms with E-state index < -0.39 is 0 Å². The highest BCUT2D eigenvalue weighted by molar-refractivity contribution is 5.91. The summed E-state index contributed by atoms with van der Waals surface area (Å²) in [5.41, 5.74) is 4.55. The molecule has 0 saturated heterocycles. The molecule has 0 radical (unpaired) electrons. The lowest BCUT2D eigenvalue weighted by Gasteiger charge is -2.41. The zero-order chi connectivity index (χ0) is 22.9. The van der Waals surface area contributed by atoms with E-state index in [0.29, 0.717) is 17.2 Å². The minimum atomic E-state index is -0.297. The second kappa shape index (κ2) is 9.25. The van der Waals surface area contributed by atoms with E-state index in [1.54, 1.807) is 12.1 Å². The first-order chi connectivity index (χ1) is 15.3. The monoisotopic (exact) mass is 430 g/mol. The first kappa shape index (κ1) is 22.8. The summed E-state index contributed by atoms with van der Waals surface area (Å²) >= 11 is 0. The van der Waals surface area contributed by atoms with E-state index >= 15 is 0 Å². The summed E-state index contributed by atoms with van der Waals surface area (Å²) < 4.78 is 5.78. The summed E-state index contributed by atoms with van der Waals surface area (Å²) in [7, 11) is 0. The quantitative estimate of drug-likeness (QED) is 0.327. The molecule has 170 valence electrons. The molecule has 0 heterocycles. The van der Waals surface area contributed by atoms with Crippen molar-refractivity contribution in [2.75, 3.05) is 0 Å². The van der Waals surface area contributed by atoms with Gasteiger partial charge >= 0.3 is 5.97 Å². The third-order valence-corrected chi connectivity index (χ3v) is 8.14. The lowest BCUT2D eigenvalue weighted by atomic mass is 9.63. The Morgan fingerprint density at radius 2 is 1.81 bits per heavy atom. The summed E-state index contributed by atoms with van der Waals surface area (Å²) in [6, 6.07) is 13.4. The minimum Gasteiger partial charge on any atom is -0.423 e. The van der Waals surface area contributed by atoms with Crippen molar-refractivity contribution in [3.63, 3.8) is 0 Å². The fourth-order valence-electron chi connectivity index (χ4n) is 6.26. The van der Waals surface area contributed by atoms with Crippen molar-refractivity contribution in [3.05, 3.63) is 70.8 Å². The van der Waals surface area contributed by atoms with E-state index in [9.17, 15) is 4.79 Å². The summed E-state index contributed by atoms with van der Waals surface area (Å²) in [5.74, 6) is 3.21. The van der Waals surface area contributed by atoms with Crippen molar-refractivity contribution < 1.29 is 9.53 Å². The van der Waals surface area contributed by atoms with Crippen molar-refractivity contribution in [3.8, 4) is 5.75 Å². The molecule has 2 aromatic rings. The average molecular weight is 431 g/mol. The summed E-state index contributed by atoms with van der Waals surface area (Å²) in [6.45, 7) is 11.7. The second-order valence-electron chi connectivity index (χ2n) is 10.7. The molecule has 4 rings (SSSR count). The van der Waals surface area contributed by atoms with E-state index in [1.807, 2.05) is 24.3 Å². The number of carbonyl (C=O) groups is 1. The summed E-state index contributed by atoms with van der Waals surface area (Å²) in [4.78, 5) is 12.6. The molecular weight excluding hydrogens is 392 g/mol. The number of carbonyl (C=O) groups excluding carboxylic acids is 1. The molecule has 4 atom stereocenters. The lowest BCUT2D eigenvalue weighted by Crippen LogP contribution is -2.31. The van der Waals surface area contributed by atoms with Crippen LogP contribution in [0.4, 0.5) is 0 Å². The number of allylic oxidation sites excluding steroid dienone is 1. The number of hydrogen-bond donors (Lipinski definition) is 0. The van der Waals surface area contributed by atoms with Crippen LogP contribution in [0.5, 0.6) is 5.75 Å². The fourth-order valence-corrected chi connectivity index (χ4v) is 6.26. The smallest absolute Gasteiger partial charge is 0.343 e. The third kappa shape index (κ3) is 4.29. The lowest BCUT2D eigenvalue weighted by molar-refractivity contribution is 0.0733. The summed E-state index contributed by atoms with van der Waals surface area (Å²) in [6.07, 6.45) is 11.3. The Hall–Kier alpha value is -2.35. The number of rotatable bonds is 7. The molecule has 32 heavy (non-hydrogen) atoms. The molecule has 2 nitrogen and oxygen atoms in total. The Kier molecular flexibility index (Phi) is 6.60. The molecule has 0 aromatic heterocycles. The average Bonchev–Trinajstić information content (AvgIpc) is 3.13. The summed E-state index contributed by atoms with van der Waals surface area (Å²) in [5, 5.41) is 0. The molecule has 2 aliphatic rings. The zero-order valence-corrected chi connectivity index (χ0v) is 20.4.